The van der Waals surface area contributed by atoms with Gasteiger partial charge in [-0.2, -0.15) is 5.26 Å². The Morgan fingerprint density at radius 3 is 2.84 bits per heavy atom. The predicted octanol–water partition coefficient (Wildman–Crippen LogP) is 3.01. The van der Waals surface area contributed by atoms with Crippen molar-refractivity contribution in [1.82, 2.24) is 14.5 Å². The zero-order valence-electron chi connectivity index (χ0n) is 10.3. The monoisotopic (exact) mass is 248 g/mol. The lowest BCUT2D eigenvalue weighted by Crippen LogP contribution is -2.00. The highest BCUT2D eigenvalue weighted by Gasteiger charge is 2.11. The fourth-order valence-electron chi connectivity index (χ4n) is 2.18. The van der Waals surface area contributed by atoms with Crippen LogP contribution in [0.3, 0.4) is 0 Å². The van der Waals surface area contributed by atoms with Gasteiger partial charge in [0.2, 0.25) is 0 Å². The van der Waals surface area contributed by atoms with Gasteiger partial charge in [-0.15, -0.1) is 0 Å². The molecule has 0 aliphatic rings. The lowest BCUT2D eigenvalue weighted by atomic mass is 10.2. The summed E-state index contributed by atoms with van der Waals surface area (Å²) < 4.78 is 2.08. The van der Waals surface area contributed by atoms with E-state index in [1.807, 2.05) is 36.4 Å². The summed E-state index contributed by atoms with van der Waals surface area (Å²) in [4.78, 5) is 8.78. The number of imidazole rings is 1. The van der Waals surface area contributed by atoms with Crippen LogP contribution in [0.4, 0.5) is 0 Å². The highest BCUT2D eigenvalue weighted by Crippen LogP contribution is 2.24. The minimum Gasteiger partial charge on any atom is -0.323 e. The van der Waals surface area contributed by atoms with Gasteiger partial charge in [0.15, 0.2) is 0 Å². The van der Waals surface area contributed by atoms with Crippen molar-refractivity contribution in [1.29, 1.82) is 5.26 Å². The van der Waals surface area contributed by atoms with Gasteiger partial charge in [0.05, 0.1) is 23.5 Å². The lowest BCUT2D eigenvalue weighted by Gasteiger charge is -2.06. The largest absolute Gasteiger partial charge is 0.323 e. The molecule has 0 amide bonds. The predicted molar refractivity (Wildman–Crippen MR) is 73.2 cm³/mol. The van der Waals surface area contributed by atoms with Gasteiger partial charge in [-0.3, -0.25) is 4.98 Å². The fraction of sp³-hybridized carbons (Fsp3) is 0.133. The number of nitriles is 1. The number of benzene rings is 1. The Balaban J connectivity index is 2.20. The number of hydrogen-bond donors (Lipinski definition) is 0. The zero-order valence-corrected chi connectivity index (χ0v) is 10.3. The number of hydrogen-bond acceptors (Lipinski definition) is 3. The first-order valence-corrected chi connectivity index (χ1v) is 6.13. The molecule has 0 unspecified atom stereocenters. The second-order valence-corrected chi connectivity index (χ2v) is 4.23. The van der Waals surface area contributed by atoms with Crippen molar-refractivity contribution in [2.75, 3.05) is 0 Å². The van der Waals surface area contributed by atoms with Crippen molar-refractivity contribution in [2.24, 2.45) is 0 Å². The molecule has 0 aliphatic heterocycles. The zero-order chi connectivity index (χ0) is 13.1. The molecule has 92 valence electrons. The van der Waals surface area contributed by atoms with Crippen LogP contribution in [-0.4, -0.2) is 14.5 Å². The van der Waals surface area contributed by atoms with Gasteiger partial charge in [-0.25, -0.2) is 4.98 Å². The molecule has 2 heterocycles. The van der Waals surface area contributed by atoms with Crippen molar-refractivity contribution in [2.45, 2.75) is 13.0 Å². The standard InChI is InChI=1S/C15H12N4/c16-8-4-10-19-14-7-2-1-6-13(14)18-15(19)12-5-3-9-17-11-12/h1-3,5-7,9,11H,4,10H2. The summed E-state index contributed by atoms with van der Waals surface area (Å²) in [7, 11) is 0. The molecule has 0 fully saturated rings. The highest BCUT2D eigenvalue weighted by molar-refractivity contribution is 5.80. The van der Waals surface area contributed by atoms with Gasteiger partial charge >= 0.3 is 0 Å². The van der Waals surface area contributed by atoms with Gasteiger partial charge in [0, 0.05) is 24.5 Å². The molecule has 4 nitrogen and oxygen atoms in total. The Kier molecular flexibility index (Phi) is 2.95. The third kappa shape index (κ3) is 2.06. The Hall–Kier alpha value is -2.67. The summed E-state index contributed by atoms with van der Waals surface area (Å²) in [5.74, 6) is 0.865. The lowest BCUT2D eigenvalue weighted by molar-refractivity contribution is 0.744. The molecular weight excluding hydrogens is 236 g/mol. The summed E-state index contributed by atoms with van der Waals surface area (Å²) in [5, 5.41) is 8.80. The van der Waals surface area contributed by atoms with Crippen LogP contribution in [0.5, 0.6) is 0 Å². The first-order valence-electron chi connectivity index (χ1n) is 6.13. The highest BCUT2D eigenvalue weighted by atomic mass is 15.1. The van der Waals surface area contributed by atoms with E-state index in [-0.39, 0.29) is 0 Å². The smallest absolute Gasteiger partial charge is 0.142 e. The molecule has 19 heavy (non-hydrogen) atoms. The molecule has 0 N–H and O–H groups in total. The Bertz CT molecular complexity index is 738. The normalized spacial score (nSPS) is 10.5. The van der Waals surface area contributed by atoms with Crippen molar-refractivity contribution in [3.63, 3.8) is 0 Å². The molecule has 0 aliphatic carbocycles. The number of pyridine rings is 1. The second kappa shape index (κ2) is 4.91. The third-order valence-corrected chi connectivity index (χ3v) is 3.02. The molecule has 0 saturated carbocycles. The maximum Gasteiger partial charge on any atom is 0.142 e. The van der Waals surface area contributed by atoms with E-state index >= 15 is 0 Å². The van der Waals surface area contributed by atoms with Crippen LogP contribution >= 0.6 is 0 Å². The number of aromatic nitrogens is 3. The van der Waals surface area contributed by atoms with Crippen molar-refractivity contribution < 1.29 is 0 Å². The molecule has 3 aromatic rings. The van der Waals surface area contributed by atoms with Crippen LogP contribution in [0.15, 0.2) is 48.8 Å². The van der Waals surface area contributed by atoms with Crippen molar-refractivity contribution >= 4 is 11.0 Å². The molecule has 0 bridgehead atoms. The van der Waals surface area contributed by atoms with Crippen LogP contribution in [0, 0.1) is 11.3 Å². The second-order valence-electron chi connectivity index (χ2n) is 4.23. The fourth-order valence-corrected chi connectivity index (χ4v) is 2.18. The molecular formula is C15H12N4. The summed E-state index contributed by atoms with van der Waals surface area (Å²) in [6, 6.07) is 14.0. The van der Waals surface area contributed by atoms with Crippen LogP contribution in [-0.2, 0) is 6.54 Å². The molecule has 2 aromatic heterocycles. The van der Waals surface area contributed by atoms with Gasteiger partial charge < -0.3 is 4.57 Å². The van der Waals surface area contributed by atoms with Crippen LogP contribution < -0.4 is 0 Å². The average Bonchev–Trinajstić information content (AvgIpc) is 2.85. The Morgan fingerprint density at radius 2 is 2.05 bits per heavy atom. The molecule has 0 radical (unpaired) electrons. The van der Waals surface area contributed by atoms with E-state index in [4.69, 9.17) is 5.26 Å². The number of nitrogens with zero attached hydrogens (tertiary/aromatic N) is 4. The summed E-state index contributed by atoms with van der Waals surface area (Å²) >= 11 is 0. The maximum absolute atomic E-state index is 8.80. The number of fused-ring (bicyclic) bond motifs is 1. The quantitative estimate of drug-likeness (QED) is 0.716. The molecule has 0 saturated heterocycles. The van der Waals surface area contributed by atoms with E-state index in [2.05, 4.69) is 20.6 Å². The van der Waals surface area contributed by atoms with Crippen molar-refractivity contribution in [3.05, 3.63) is 48.8 Å². The van der Waals surface area contributed by atoms with Gasteiger partial charge in [0.1, 0.15) is 5.82 Å². The minimum absolute atomic E-state index is 0.466. The van der Waals surface area contributed by atoms with Crippen molar-refractivity contribution in [3.8, 4) is 17.5 Å². The van der Waals surface area contributed by atoms with Crippen LogP contribution in [0.25, 0.3) is 22.4 Å². The minimum atomic E-state index is 0.466. The molecule has 0 spiro atoms. The van der Waals surface area contributed by atoms with Crippen LogP contribution in [0.1, 0.15) is 6.42 Å². The van der Waals surface area contributed by atoms with Gasteiger partial charge in [0.25, 0.3) is 0 Å². The van der Waals surface area contributed by atoms with Crippen LogP contribution in [0.2, 0.25) is 0 Å². The molecule has 0 atom stereocenters. The summed E-state index contributed by atoms with van der Waals surface area (Å²) in [5.41, 5.74) is 2.97. The van der Waals surface area contributed by atoms with E-state index in [9.17, 15) is 0 Å². The summed E-state index contributed by atoms with van der Waals surface area (Å²) in [6.45, 7) is 0.640. The molecule has 1 aromatic carbocycles. The van der Waals surface area contributed by atoms with Gasteiger partial charge in [-0.1, -0.05) is 12.1 Å². The number of aryl methyl sites for hydroxylation is 1. The molecule has 3 rings (SSSR count). The van der Waals surface area contributed by atoms with E-state index in [0.717, 1.165) is 22.4 Å². The first-order chi connectivity index (χ1) is 9.40. The van der Waals surface area contributed by atoms with Gasteiger partial charge in [-0.05, 0) is 24.3 Å². The van der Waals surface area contributed by atoms with E-state index < -0.39 is 0 Å². The van der Waals surface area contributed by atoms with E-state index in [0.29, 0.717) is 13.0 Å². The maximum atomic E-state index is 8.80. The van der Waals surface area contributed by atoms with E-state index in [1.165, 1.54) is 0 Å². The topological polar surface area (TPSA) is 54.5 Å². The average molecular weight is 248 g/mol. The SMILES string of the molecule is N#CCCn1c(-c2cccnc2)nc2ccccc21. The van der Waals surface area contributed by atoms with E-state index in [1.54, 1.807) is 12.4 Å². The Labute approximate surface area is 111 Å². The molecule has 4 heteroatoms. The first kappa shape index (κ1) is 11.4. The Morgan fingerprint density at radius 1 is 1.16 bits per heavy atom. The third-order valence-electron chi connectivity index (χ3n) is 3.02. The number of para-hydroxylation sites is 2. The summed E-state index contributed by atoms with van der Waals surface area (Å²) in [6.07, 6.45) is 4.00. The number of rotatable bonds is 3.